The molecule has 0 fully saturated rings. The summed E-state index contributed by atoms with van der Waals surface area (Å²) in [5, 5.41) is 1.02. The maximum absolute atomic E-state index is 12.6. The monoisotopic (exact) mass is 419 g/mol. The molecule has 2 heterocycles. The van der Waals surface area contributed by atoms with Crippen molar-refractivity contribution >= 4 is 22.9 Å². The minimum absolute atomic E-state index is 0.283. The number of amides is 2. The van der Waals surface area contributed by atoms with Crippen LogP contribution in [0.15, 0.2) is 30.3 Å². The number of ether oxygens (including phenoxy) is 1. The maximum atomic E-state index is 12.6. The summed E-state index contributed by atoms with van der Waals surface area (Å²) >= 11 is 0. The maximum Gasteiger partial charge on any atom is 0.410 e. The van der Waals surface area contributed by atoms with E-state index < -0.39 is 11.5 Å². The number of rotatable bonds is 2. The van der Waals surface area contributed by atoms with Crippen LogP contribution in [0.1, 0.15) is 53.5 Å². The Morgan fingerprint density at radius 3 is 2.52 bits per heavy atom. The summed E-state index contributed by atoms with van der Waals surface area (Å²) in [4.78, 5) is 29.6. The average molecular weight is 420 g/mol. The van der Waals surface area contributed by atoms with E-state index in [-0.39, 0.29) is 6.09 Å². The first-order valence-electron chi connectivity index (χ1n) is 10.6. The minimum Gasteiger partial charge on any atom is -0.444 e. The average Bonchev–Trinajstić information content (AvgIpc) is 2.99. The topological polar surface area (TPSA) is 88.4 Å². The van der Waals surface area contributed by atoms with Crippen LogP contribution >= 0.6 is 0 Å². The van der Waals surface area contributed by atoms with Gasteiger partial charge >= 0.3 is 6.09 Å². The van der Waals surface area contributed by atoms with Gasteiger partial charge in [-0.2, -0.15) is 0 Å². The van der Waals surface area contributed by atoms with Gasteiger partial charge in [-0.3, -0.25) is 4.79 Å². The number of aromatic amines is 1. The first kappa shape index (κ1) is 21.0. The predicted molar refractivity (Wildman–Crippen MR) is 122 cm³/mol. The van der Waals surface area contributed by atoms with E-state index in [1.807, 2.05) is 39.8 Å². The molecule has 1 aliphatic heterocycles. The van der Waals surface area contributed by atoms with E-state index in [1.165, 1.54) is 5.56 Å². The SMILES string of the molecule is Cc1[nH]c2c(C(N)=O)ccc(-c3cccc4c3CCN(C(=O)OC(C)(C)C)C4)c2c1C. The summed E-state index contributed by atoms with van der Waals surface area (Å²) in [6.45, 7) is 10.8. The van der Waals surface area contributed by atoms with Crippen LogP contribution in [-0.2, 0) is 17.7 Å². The summed E-state index contributed by atoms with van der Waals surface area (Å²) in [6.07, 6.45) is 0.459. The second kappa shape index (κ2) is 7.45. The molecule has 0 bridgehead atoms. The number of benzene rings is 2. The van der Waals surface area contributed by atoms with Gasteiger partial charge in [0.25, 0.3) is 5.91 Å². The molecule has 0 radical (unpaired) electrons. The molecule has 0 atom stereocenters. The van der Waals surface area contributed by atoms with Crippen LogP contribution in [0.25, 0.3) is 22.0 Å². The fraction of sp³-hybridized carbons (Fsp3) is 0.360. The van der Waals surface area contributed by atoms with Crippen LogP contribution in [-0.4, -0.2) is 34.0 Å². The van der Waals surface area contributed by atoms with Gasteiger partial charge in [-0.1, -0.05) is 24.3 Å². The molecule has 0 spiro atoms. The quantitative estimate of drug-likeness (QED) is 0.623. The molecular weight excluding hydrogens is 390 g/mol. The van der Waals surface area contributed by atoms with Gasteiger partial charge in [-0.05, 0) is 74.9 Å². The van der Waals surface area contributed by atoms with Gasteiger partial charge in [0.2, 0.25) is 0 Å². The number of carbonyl (C=O) groups excluding carboxylic acids is 2. The number of aryl methyl sites for hydroxylation is 2. The first-order chi connectivity index (χ1) is 14.6. The Bertz CT molecular complexity index is 1200. The molecule has 2 aromatic carbocycles. The van der Waals surface area contributed by atoms with Gasteiger partial charge in [0, 0.05) is 24.2 Å². The second-order valence-corrected chi connectivity index (χ2v) is 9.25. The van der Waals surface area contributed by atoms with Gasteiger partial charge in [0.05, 0.1) is 11.1 Å². The largest absolute Gasteiger partial charge is 0.444 e. The second-order valence-electron chi connectivity index (χ2n) is 9.25. The first-order valence-corrected chi connectivity index (χ1v) is 10.6. The highest BCUT2D eigenvalue weighted by atomic mass is 16.6. The fourth-order valence-electron chi connectivity index (χ4n) is 4.36. The summed E-state index contributed by atoms with van der Waals surface area (Å²) in [7, 11) is 0. The number of hydrogen-bond donors (Lipinski definition) is 2. The van der Waals surface area contributed by atoms with E-state index in [2.05, 4.69) is 24.0 Å². The van der Waals surface area contributed by atoms with Crippen molar-refractivity contribution < 1.29 is 14.3 Å². The van der Waals surface area contributed by atoms with Gasteiger partial charge in [-0.15, -0.1) is 0 Å². The molecule has 3 aromatic rings. The lowest BCUT2D eigenvalue weighted by Crippen LogP contribution is -2.40. The highest BCUT2D eigenvalue weighted by Gasteiger charge is 2.27. The van der Waals surface area contributed by atoms with E-state index >= 15 is 0 Å². The fourth-order valence-corrected chi connectivity index (χ4v) is 4.36. The van der Waals surface area contributed by atoms with Crippen LogP contribution in [0.5, 0.6) is 0 Å². The lowest BCUT2D eigenvalue weighted by molar-refractivity contribution is 0.0224. The molecule has 31 heavy (non-hydrogen) atoms. The van der Waals surface area contributed by atoms with Crippen molar-refractivity contribution in [2.75, 3.05) is 6.54 Å². The highest BCUT2D eigenvalue weighted by Crippen LogP contribution is 2.38. The van der Waals surface area contributed by atoms with Crippen molar-refractivity contribution in [3.63, 3.8) is 0 Å². The molecular formula is C25H29N3O3. The summed E-state index contributed by atoms with van der Waals surface area (Å²) in [5.41, 5.74) is 13.1. The normalized spacial score (nSPS) is 13.9. The number of fused-ring (bicyclic) bond motifs is 2. The van der Waals surface area contributed by atoms with Crippen molar-refractivity contribution in [2.45, 2.75) is 53.2 Å². The van der Waals surface area contributed by atoms with Gasteiger partial charge in [-0.25, -0.2) is 4.79 Å². The van der Waals surface area contributed by atoms with Crippen molar-refractivity contribution in [1.29, 1.82) is 0 Å². The zero-order valence-corrected chi connectivity index (χ0v) is 18.8. The number of carbonyl (C=O) groups is 2. The third-order valence-electron chi connectivity index (χ3n) is 5.93. The van der Waals surface area contributed by atoms with Crippen molar-refractivity contribution in [3.05, 3.63) is 58.3 Å². The van der Waals surface area contributed by atoms with Crippen LogP contribution < -0.4 is 5.73 Å². The van der Waals surface area contributed by atoms with E-state index in [4.69, 9.17) is 10.5 Å². The van der Waals surface area contributed by atoms with E-state index in [9.17, 15) is 9.59 Å². The van der Waals surface area contributed by atoms with Crippen LogP contribution in [0.2, 0.25) is 0 Å². The molecule has 0 aliphatic carbocycles. The standard InChI is InChI=1S/C25H29N3O3/c1-14-15(2)27-22-20(23(26)29)10-9-19(21(14)22)18-8-6-7-16-13-28(12-11-17(16)18)24(30)31-25(3,4)5/h6-10,27H,11-13H2,1-5H3,(H2,26,29). The molecule has 3 N–H and O–H groups in total. The molecule has 0 saturated carbocycles. The molecule has 4 rings (SSSR count). The van der Waals surface area contributed by atoms with E-state index in [0.29, 0.717) is 18.7 Å². The number of nitrogens with one attached hydrogen (secondary N) is 1. The molecule has 0 unspecified atom stereocenters. The number of aromatic nitrogens is 1. The number of nitrogens with zero attached hydrogens (tertiary/aromatic N) is 1. The molecule has 0 saturated heterocycles. The third kappa shape index (κ3) is 3.78. The van der Waals surface area contributed by atoms with Crippen molar-refractivity contribution in [2.24, 2.45) is 5.73 Å². The molecule has 1 aliphatic rings. The number of nitrogens with two attached hydrogens (primary N) is 1. The Morgan fingerprint density at radius 1 is 1.10 bits per heavy atom. The van der Waals surface area contributed by atoms with Gasteiger partial charge in [0.15, 0.2) is 0 Å². The third-order valence-corrected chi connectivity index (χ3v) is 5.93. The van der Waals surface area contributed by atoms with Gasteiger partial charge in [0.1, 0.15) is 5.60 Å². The Morgan fingerprint density at radius 2 is 1.84 bits per heavy atom. The zero-order chi connectivity index (χ0) is 22.5. The lowest BCUT2D eigenvalue weighted by atomic mass is 9.88. The van der Waals surface area contributed by atoms with Crippen LogP contribution in [0.3, 0.4) is 0 Å². The Hall–Kier alpha value is -3.28. The molecule has 6 nitrogen and oxygen atoms in total. The molecule has 2 amide bonds. The molecule has 1 aromatic heterocycles. The van der Waals surface area contributed by atoms with Gasteiger partial charge < -0.3 is 20.4 Å². The van der Waals surface area contributed by atoms with Crippen LogP contribution in [0, 0.1) is 13.8 Å². The Balaban J connectivity index is 1.79. The van der Waals surface area contributed by atoms with Crippen molar-refractivity contribution in [3.8, 4) is 11.1 Å². The number of H-pyrrole nitrogens is 1. The van der Waals surface area contributed by atoms with Crippen LogP contribution in [0.4, 0.5) is 4.79 Å². The lowest BCUT2D eigenvalue weighted by Gasteiger charge is -2.32. The Labute approximate surface area is 182 Å². The van der Waals surface area contributed by atoms with E-state index in [0.717, 1.165) is 45.3 Å². The summed E-state index contributed by atoms with van der Waals surface area (Å²) < 4.78 is 5.56. The summed E-state index contributed by atoms with van der Waals surface area (Å²) in [6, 6.07) is 9.99. The van der Waals surface area contributed by atoms with E-state index in [1.54, 1.807) is 11.0 Å². The molecule has 6 heteroatoms. The Kier molecular flexibility index (Phi) is 5.04. The van der Waals surface area contributed by atoms with Crippen molar-refractivity contribution in [1.82, 2.24) is 9.88 Å². The molecule has 162 valence electrons. The smallest absolute Gasteiger partial charge is 0.410 e. The minimum atomic E-state index is -0.517. The predicted octanol–water partition coefficient (Wildman–Crippen LogP) is 4.84. The summed E-state index contributed by atoms with van der Waals surface area (Å²) in [5.74, 6) is -0.444. The number of primary amides is 1. The zero-order valence-electron chi connectivity index (χ0n) is 18.8. The highest BCUT2D eigenvalue weighted by molar-refractivity contribution is 6.10. The number of hydrogen-bond acceptors (Lipinski definition) is 3.